The number of carbonyl (C=O) groups excluding carboxylic acids is 2. The van der Waals surface area contributed by atoms with E-state index in [-0.39, 0.29) is 43.4 Å². The first kappa shape index (κ1) is 27.5. The third-order valence-corrected chi connectivity index (χ3v) is 6.18. The van der Waals surface area contributed by atoms with Gasteiger partial charge in [0.15, 0.2) is 0 Å². The van der Waals surface area contributed by atoms with E-state index in [4.69, 9.17) is 0 Å². The van der Waals surface area contributed by atoms with Gasteiger partial charge in [-0.1, -0.05) is 44.2 Å². The minimum Gasteiger partial charge on any atom is -0.376 e. The van der Waals surface area contributed by atoms with Crippen molar-refractivity contribution in [3.8, 4) is 0 Å². The van der Waals surface area contributed by atoms with E-state index in [2.05, 4.69) is 19.2 Å². The van der Waals surface area contributed by atoms with Crippen LogP contribution in [0.25, 0.3) is 0 Å². The summed E-state index contributed by atoms with van der Waals surface area (Å²) < 4.78 is 40.6. The molecule has 1 heterocycles. The highest BCUT2D eigenvalue weighted by Gasteiger charge is 2.33. The Balaban J connectivity index is 1.75. The van der Waals surface area contributed by atoms with Crippen molar-refractivity contribution in [2.75, 3.05) is 45.6 Å². The van der Waals surface area contributed by atoms with Gasteiger partial charge in [-0.15, -0.1) is 0 Å². The highest BCUT2D eigenvalue weighted by Crippen LogP contribution is 2.32. The summed E-state index contributed by atoms with van der Waals surface area (Å²) in [5.74, 6) is 0.105. The Bertz CT molecular complexity index is 1070. The van der Waals surface area contributed by atoms with E-state index in [0.717, 1.165) is 17.2 Å². The van der Waals surface area contributed by atoms with Crippen LogP contribution in [0.5, 0.6) is 0 Å². The maximum atomic E-state index is 13.5. The lowest BCUT2D eigenvalue weighted by molar-refractivity contribution is -0.139. The molecule has 2 aromatic rings. The average Bonchev–Trinajstić information content (AvgIpc) is 2.80. The molecule has 0 bridgehead atoms. The van der Waals surface area contributed by atoms with Gasteiger partial charge in [0.1, 0.15) is 0 Å². The number of amides is 2. The highest BCUT2D eigenvalue weighted by atomic mass is 19.4. The van der Waals surface area contributed by atoms with Crippen molar-refractivity contribution in [3.63, 3.8) is 0 Å². The number of anilines is 1. The summed E-state index contributed by atoms with van der Waals surface area (Å²) in [5, 5.41) is 3.15. The Labute approximate surface area is 211 Å². The largest absolute Gasteiger partial charge is 0.416 e. The zero-order valence-electron chi connectivity index (χ0n) is 21.4. The van der Waals surface area contributed by atoms with Crippen molar-refractivity contribution in [1.82, 2.24) is 14.7 Å². The van der Waals surface area contributed by atoms with Crippen molar-refractivity contribution in [3.05, 3.63) is 64.7 Å². The Morgan fingerprint density at radius 3 is 2.47 bits per heavy atom. The molecule has 2 amide bonds. The topological polar surface area (TPSA) is 55.9 Å². The Morgan fingerprint density at radius 1 is 1.08 bits per heavy atom. The van der Waals surface area contributed by atoms with Crippen LogP contribution < -0.4 is 5.32 Å². The van der Waals surface area contributed by atoms with Crippen molar-refractivity contribution in [2.45, 2.75) is 39.5 Å². The molecule has 0 unspecified atom stereocenters. The quantitative estimate of drug-likeness (QED) is 0.526. The molecule has 2 aromatic carbocycles. The van der Waals surface area contributed by atoms with Crippen molar-refractivity contribution in [1.29, 1.82) is 0 Å². The van der Waals surface area contributed by atoms with Gasteiger partial charge >= 0.3 is 6.18 Å². The molecule has 0 aromatic heterocycles. The number of benzene rings is 2. The fourth-order valence-corrected chi connectivity index (χ4v) is 4.36. The van der Waals surface area contributed by atoms with Crippen LogP contribution in [-0.2, 0) is 35.3 Å². The first-order chi connectivity index (χ1) is 17.0. The van der Waals surface area contributed by atoms with Crippen molar-refractivity contribution < 1.29 is 22.8 Å². The standard InChI is InChI=1S/C27H35F3N4O2/c1-19(2)16-34-17-20-9-7-11-24(22(20)14-25(34)35)31-15-26(36)33(13-12-32(3)4)18-21-8-5-6-10-23(21)27(28,29)30/h5-11,19,31H,12-18H2,1-4H3. The number of carbonyl (C=O) groups is 2. The summed E-state index contributed by atoms with van der Waals surface area (Å²) in [5.41, 5.74) is 1.95. The second kappa shape index (κ2) is 11.8. The van der Waals surface area contributed by atoms with Gasteiger partial charge in [-0.2, -0.15) is 13.2 Å². The number of likely N-dealkylation sites (N-methyl/N-ethyl adjacent to an activating group) is 1. The predicted octanol–water partition coefficient (Wildman–Crippen LogP) is 4.25. The molecule has 0 saturated carbocycles. The average molecular weight is 505 g/mol. The van der Waals surface area contributed by atoms with Gasteiger partial charge in [0, 0.05) is 38.4 Å². The van der Waals surface area contributed by atoms with E-state index < -0.39 is 11.7 Å². The molecule has 0 fully saturated rings. The fraction of sp³-hybridized carbons (Fsp3) is 0.481. The molecule has 6 nitrogen and oxygen atoms in total. The van der Waals surface area contributed by atoms with Gasteiger partial charge in [-0.05, 0) is 48.8 Å². The number of fused-ring (bicyclic) bond motifs is 1. The molecule has 1 aliphatic rings. The summed E-state index contributed by atoms with van der Waals surface area (Å²) in [6, 6.07) is 11.1. The smallest absolute Gasteiger partial charge is 0.376 e. The number of hydrogen-bond acceptors (Lipinski definition) is 4. The SMILES string of the molecule is CC(C)CN1Cc2cccc(NCC(=O)N(CCN(C)C)Cc3ccccc3C(F)(F)F)c2CC1=O. The minimum atomic E-state index is -4.50. The van der Waals surface area contributed by atoms with Gasteiger partial charge in [0.25, 0.3) is 0 Å². The van der Waals surface area contributed by atoms with Gasteiger partial charge in [-0.3, -0.25) is 9.59 Å². The molecule has 9 heteroatoms. The van der Waals surface area contributed by atoms with Crippen LogP contribution in [0, 0.1) is 5.92 Å². The molecule has 36 heavy (non-hydrogen) atoms. The molecule has 196 valence electrons. The molecule has 3 rings (SSSR count). The molecule has 0 radical (unpaired) electrons. The zero-order valence-corrected chi connectivity index (χ0v) is 21.4. The first-order valence-corrected chi connectivity index (χ1v) is 12.2. The molecule has 0 spiro atoms. The summed E-state index contributed by atoms with van der Waals surface area (Å²) in [7, 11) is 3.70. The van der Waals surface area contributed by atoms with Gasteiger partial charge in [-0.25, -0.2) is 0 Å². The van der Waals surface area contributed by atoms with Crippen LogP contribution >= 0.6 is 0 Å². The molecule has 0 saturated heterocycles. The van der Waals surface area contributed by atoms with E-state index in [0.29, 0.717) is 31.2 Å². The number of halogens is 3. The summed E-state index contributed by atoms with van der Waals surface area (Å²) >= 11 is 0. The Kier molecular flexibility index (Phi) is 9.00. The van der Waals surface area contributed by atoms with Crippen molar-refractivity contribution >= 4 is 17.5 Å². The van der Waals surface area contributed by atoms with Crippen LogP contribution in [0.15, 0.2) is 42.5 Å². The van der Waals surface area contributed by atoms with Gasteiger partial charge < -0.3 is 20.0 Å². The van der Waals surface area contributed by atoms with E-state index in [1.165, 1.54) is 17.0 Å². The van der Waals surface area contributed by atoms with Crippen LogP contribution in [-0.4, -0.2) is 66.8 Å². The summed E-state index contributed by atoms with van der Waals surface area (Å²) in [4.78, 5) is 31.0. The van der Waals surface area contributed by atoms with E-state index in [1.54, 1.807) is 6.07 Å². The lowest BCUT2D eigenvalue weighted by Gasteiger charge is -2.31. The Morgan fingerprint density at radius 2 is 1.81 bits per heavy atom. The predicted molar refractivity (Wildman–Crippen MR) is 134 cm³/mol. The molecule has 0 atom stereocenters. The van der Waals surface area contributed by atoms with Crippen LogP contribution in [0.2, 0.25) is 0 Å². The molecule has 1 N–H and O–H groups in total. The number of nitrogens with zero attached hydrogens (tertiary/aromatic N) is 3. The fourth-order valence-electron chi connectivity index (χ4n) is 4.36. The van der Waals surface area contributed by atoms with Crippen LogP contribution in [0.3, 0.4) is 0 Å². The minimum absolute atomic E-state index is 0.0492. The number of alkyl halides is 3. The van der Waals surface area contributed by atoms with Crippen LogP contribution in [0.4, 0.5) is 18.9 Å². The van der Waals surface area contributed by atoms with Gasteiger partial charge in [0.2, 0.25) is 11.8 Å². The zero-order chi connectivity index (χ0) is 26.5. The monoisotopic (exact) mass is 504 g/mol. The van der Waals surface area contributed by atoms with E-state index in [9.17, 15) is 22.8 Å². The number of rotatable bonds is 10. The number of nitrogens with one attached hydrogen (secondary N) is 1. The Hall–Kier alpha value is -3.07. The van der Waals surface area contributed by atoms with Gasteiger partial charge in [0.05, 0.1) is 18.5 Å². The molecular weight excluding hydrogens is 469 g/mol. The third kappa shape index (κ3) is 7.22. The number of hydrogen-bond donors (Lipinski definition) is 1. The maximum absolute atomic E-state index is 13.5. The van der Waals surface area contributed by atoms with E-state index >= 15 is 0 Å². The maximum Gasteiger partial charge on any atom is 0.416 e. The second-order valence-electron chi connectivity index (χ2n) is 9.92. The molecule has 0 aliphatic carbocycles. The lowest BCUT2D eigenvalue weighted by Crippen LogP contribution is -2.40. The second-order valence-corrected chi connectivity index (χ2v) is 9.92. The summed E-state index contributed by atoms with van der Waals surface area (Å²) in [6.45, 7) is 5.94. The first-order valence-electron chi connectivity index (χ1n) is 12.2. The lowest BCUT2D eigenvalue weighted by atomic mass is 9.96. The third-order valence-electron chi connectivity index (χ3n) is 6.18. The molecular formula is C27H35F3N4O2. The normalized spacial score (nSPS) is 13.8. The summed E-state index contributed by atoms with van der Waals surface area (Å²) in [6.07, 6.45) is -4.24. The van der Waals surface area contributed by atoms with E-state index in [1.807, 2.05) is 42.1 Å². The molecule has 1 aliphatic heterocycles. The van der Waals surface area contributed by atoms with Crippen molar-refractivity contribution in [2.24, 2.45) is 5.92 Å². The van der Waals surface area contributed by atoms with Crippen LogP contribution in [0.1, 0.15) is 36.1 Å². The highest BCUT2D eigenvalue weighted by molar-refractivity contribution is 5.85.